The average molecular weight is 262 g/mol. The first kappa shape index (κ1) is 14.4. The van der Waals surface area contributed by atoms with Gasteiger partial charge in [-0.1, -0.05) is 25.1 Å². The highest BCUT2D eigenvalue weighted by atomic mass is 16.5. The maximum atomic E-state index is 5.94. The van der Waals surface area contributed by atoms with E-state index in [2.05, 4.69) is 35.3 Å². The van der Waals surface area contributed by atoms with E-state index in [9.17, 15) is 0 Å². The van der Waals surface area contributed by atoms with Crippen LogP contribution in [0.2, 0.25) is 0 Å². The van der Waals surface area contributed by atoms with Crippen LogP contribution >= 0.6 is 0 Å². The van der Waals surface area contributed by atoms with Crippen molar-refractivity contribution in [3.63, 3.8) is 0 Å². The largest absolute Gasteiger partial charge is 0.492 e. The fourth-order valence-corrected chi connectivity index (χ4v) is 2.55. The van der Waals surface area contributed by atoms with Gasteiger partial charge in [0, 0.05) is 18.7 Å². The maximum absolute atomic E-state index is 5.94. The normalized spacial score (nSPS) is 17.6. The van der Waals surface area contributed by atoms with Gasteiger partial charge in [0.15, 0.2) is 0 Å². The molecule has 1 heterocycles. The van der Waals surface area contributed by atoms with E-state index < -0.39 is 0 Å². The van der Waals surface area contributed by atoms with Crippen molar-refractivity contribution in [3.05, 3.63) is 29.8 Å². The highest BCUT2D eigenvalue weighted by molar-refractivity contribution is 5.33. The van der Waals surface area contributed by atoms with Gasteiger partial charge in [0.2, 0.25) is 0 Å². The Morgan fingerprint density at radius 2 is 2.00 bits per heavy atom. The first-order valence-electron chi connectivity index (χ1n) is 7.37. The van der Waals surface area contributed by atoms with Crippen molar-refractivity contribution in [3.8, 4) is 5.75 Å². The van der Waals surface area contributed by atoms with Gasteiger partial charge in [-0.2, -0.15) is 0 Å². The summed E-state index contributed by atoms with van der Waals surface area (Å²) in [6, 6.07) is 8.28. The lowest BCUT2D eigenvalue weighted by atomic mass is 9.99. The molecule has 106 valence electrons. The van der Waals surface area contributed by atoms with Crippen molar-refractivity contribution in [2.24, 2.45) is 5.92 Å². The molecule has 0 saturated carbocycles. The molecule has 3 heteroatoms. The number of para-hydroxylation sites is 1. The maximum Gasteiger partial charge on any atom is 0.123 e. The smallest absolute Gasteiger partial charge is 0.123 e. The van der Waals surface area contributed by atoms with Crippen LogP contribution in [-0.4, -0.2) is 38.2 Å². The molecule has 1 fully saturated rings. The lowest BCUT2D eigenvalue weighted by molar-refractivity contribution is 0.160. The van der Waals surface area contributed by atoms with Crippen molar-refractivity contribution in [2.45, 2.75) is 26.3 Å². The van der Waals surface area contributed by atoms with E-state index >= 15 is 0 Å². The first-order chi connectivity index (χ1) is 9.29. The third kappa shape index (κ3) is 4.51. The van der Waals surface area contributed by atoms with Crippen LogP contribution in [-0.2, 0) is 6.54 Å². The third-order valence-electron chi connectivity index (χ3n) is 3.88. The number of benzene rings is 1. The van der Waals surface area contributed by atoms with Gasteiger partial charge in [-0.25, -0.2) is 0 Å². The molecule has 0 amide bonds. The molecule has 0 aromatic heterocycles. The molecule has 3 nitrogen and oxygen atoms in total. The average Bonchev–Trinajstić information content (AvgIpc) is 2.43. The van der Waals surface area contributed by atoms with Gasteiger partial charge < -0.3 is 10.1 Å². The summed E-state index contributed by atoms with van der Waals surface area (Å²) < 4.78 is 5.94. The number of rotatable bonds is 6. The fourth-order valence-electron chi connectivity index (χ4n) is 2.55. The molecule has 1 saturated heterocycles. The fraction of sp³-hybridized carbons (Fsp3) is 0.625. The van der Waals surface area contributed by atoms with Crippen LogP contribution in [0.3, 0.4) is 0 Å². The SMILES string of the molecule is CNCc1ccccc1OCCN1CCC(C)CC1. The molecule has 1 aromatic carbocycles. The summed E-state index contributed by atoms with van der Waals surface area (Å²) >= 11 is 0. The van der Waals surface area contributed by atoms with Crippen molar-refractivity contribution in [1.29, 1.82) is 0 Å². The second-order valence-corrected chi connectivity index (χ2v) is 5.51. The van der Waals surface area contributed by atoms with Gasteiger partial charge in [-0.3, -0.25) is 4.90 Å². The van der Waals surface area contributed by atoms with Gasteiger partial charge in [-0.15, -0.1) is 0 Å². The summed E-state index contributed by atoms with van der Waals surface area (Å²) in [5, 5.41) is 3.18. The van der Waals surface area contributed by atoms with E-state index in [4.69, 9.17) is 4.74 Å². The monoisotopic (exact) mass is 262 g/mol. The molecule has 0 aliphatic carbocycles. The first-order valence-corrected chi connectivity index (χ1v) is 7.37. The standard InChI is InChI=1S/C16H26N2O/c1-14-7-9-18(10-8-14)11-12-19-16-6-4-3-5-15(16)13-17-2/h3-6,14,17H,7-13H2,1-2H3. The zero-order chi connectivity index (χ0) is 13.5. The molecule has 0 unspecified atom stereocenters. The molecule has 2 rings (SSSR count). The Morgan fingerprint density at radius 3 is 2.74 bits per heavy atom. The van der Waals surface area contributed by atoms with E-state index in [0.717, 1.165) is 31.4 Å². The molecular weight excluding hydrogens is 236 g/mol. The van der Waals surface area contributed by atoms with E-state index in [0.29, 0.717) is 0 Å². The second kappa shape index (κ2) is 7.51. The minimum absolute atomic E-state index is 0.787. The van der Waals surface area contributed by atoms with Crippen molar-refractivity contribution >= 4 is 0 Å². The summed E-state index contributed by atoms with van der Waals surface area (Å²) in [4.78, 5) is 2.51. The number of nitrogens with zero attached hydrogens (tertiary/aromatic N) is 1. The Morgan fingerprint density at radius 1 is 1.26 bits per heavy atom. The van der Waals surface area contributed by atoms with Gasteiger partial charge in [0.05, 0.1) is 0 Å². The summed E-state index contributed by atoms with van der Waals surface area (Å²) in [6.07, 6.45) is 2.66. The summed E-state index contributed by atoms with van der Waals surface area (Å²) in [5.74, 6) is 1.91. The Bertz CT molecular complexity index is 373. The Balaban J connectivity index is 1.76. The van der Waals surface area contributed by atoms with Gasteiger partial charge >= 0.3 is 0 Å². The van der Waals surface area contributed by atoms with Crippen LogP contribution in [0.25, 0.3) is 0 Å². The van der Waals surface area contributed by atoms with E-state index in [1.165, 1.54) is 31.5 Å². The number of likely N-dealkylation sites (tertiary alicyclic amines) is 1. The lowest BCUT2D eigenvalue weighted by Gasteiger charge is -2.30. The van der Waals surface area contributed by atoms with Crippen LogP contribution in [0, 0.1) is 5.92 Å². The zero-order valence-corrected chi connectivity index (χ0v) is 12.2. The summed E-state index contributed by atoms with van der Waals surface area (Å²) in [7, 11) is 1.96. The lowest BCUT2D eigenvalue weighted by Crippen LogP contribution is -2.35. The number of hydrogen-bond donors (Lipinski definition) is 1. The molecule has 0 atom stereocenters. The Hall–Kier alpha value is -1.06. The van der Waals surface area contributed by atoms with E-state index in [1.807, 2.05) is 13.1 Å². The molecule has 0 spiro atoms. The number of nitrogens with one attached hydrogen (secondary N) is 1. The van der Waals surface area contributed by atoms with Crippen LogP contribution in [0.5, 0.6) is 5.75 Å². The van der Waals surface area contributed by atoms with Crippen LogP contribution < -0.4 is 10.1 Å². The van der Waals surface area contributed by atoms with E-state index in [1.54, 1.807) is 0 Å². The predicted octanol–water partition coefficient (Wildman–Crippen LogP) is 2.52. The number of ether oxygens (including phenoxy) is 1. The zero-order valence-electron chi connectivity index (χ0n) is 12.2. The van der Waals surface area contributed by atoms with E-state index in [-0.39, 0.29) is 0 Å². The second-order valence-electron chi connectivity index (χ2n) is 5.51. The molecule has 1 aliphatic heterocycles. The van der Waals surface area contributed by atoms with Crippen LogP contribution in [0.1, 0.15) is 25.3 Å². The van der Waals surface area contributed by atoms with Crippen molar-refractivity contribution < 1.29 is 4.74 Å². The number of piperidine rings is 1. The van der Waals surface area contributed by atoms with Crippen molar-refractivity contribution in [1.82, 2.24) is 10.2 Å². The molecule has 1 aliphatic rings. The molecule has 0 radical (unpaired) electrons. The van der Waals surface area contributed by atoms with Crippen molar-refractivity contribution in [2.75, 3.05) is 33.3 Å². The molecule has 1 aromatic rings. The quantitative estimate of drug-likeness (QED) is 0.852. The van der Waals surface area contributed by atoms with Crippen LogP contribution in [0.4, 0.5) is 0 Å². The Kier molecular flexibility index (Phi) is 5.67. The summed E-state index contributed by atoms with van der Waals surface area (Å²) in [6.45, 7) is 7.49. The van der Waals surface area contributed by atoms with Gasteiger partial charge in [0.1, 0.15) is 12.4 Å². The Labute approximate surface area is 116 Å². The van der Waals surface area contributed by atoms with Gasteiger partial charge in [-0.05, 0) is 45.0 Å². The van der Waals surface area contributed by atoms with Crippen LogP contribution in [0.15, 0.2) is 24.3 Å². The summed E-state index contributed by atoms with van der Waals surface area (Å²) in [5.41, 5.74) is 1.23. The number of hydrogen-bond acceptors (Lipinski definition) is 3. The van der Waals surface area contributed by atoms with Gasteiger partial charge in [0.25, 0.3) is 0 Å². The highest BCUT2D eigenvalue weighted by Crippen LogP contribution is 2.18. The molecular formula is C16H26N2O. The predicted molar refractivity (Wildman–Crippen MR) is 79.5 cm³/mol. The molecule has 1 N–H and O–H groups in total. The minimum atomic E-state index is 0.787. The topological polar surface area (TPSA) is 24.5 Å². The molecule has 0 bridgehead atoms. The highest BCUT2D eigenvalue weighted by Gasteiger charge is 2.15. The third-order valence-corrected chi connectivity index (χ3v) is 3.88. The molecule has 19 heavy (non-hydrogen) atoms. The minimum Gasteiger partial charge on any atom is -0.492 e.